The van der Waals surface area contributed by atoms with E-state index < -0.39 is 0 Å². The van der Waals surface area contributed by atoms with E-state index in [1.807, 2.05) is 11.4 Å². The topological polar surface area (TPSA) is 44.1 Å². The van der Waals surface area contributed by atoms with Gasteiger partial charge in [-0.1, -0.05) is 19.3 Å². The molecule has 2 aliphatic rings. The van der Waals surface area contributed by atoms with Crippen LogP contribution in [0.2, 0.25) is 0 Å². The Labute approximate surface area is 127 Å². The van der Waals surface area contributed by atoms with Crippen molar-refractivity contribution in [2.24, 2.45) is 0 Å². The molecule has 21 heavy (non-hydrogen) atoms. The Balaban J connectivity index is 1.53. The van der Waals surface area contributed by atoms with Crippen molar-refractivity contribution in [2.45, 2.75) is 63.2 Å². The van der Waals surface area contributed by atoms with E-state index >= 15 is 0 Å². The fourth-order valence-electron chi connectivity index (χ4n) is 3.82. The molecule has 0 radical (unpaired) electrons. The first-order valence-electron chi connectivity index (χ1n) is 7.86. The molecule has 0 aromatic carbocycles. The van der Waals surface area contributed by atoms with E-state index in [1.54, 1.807) is 10.9 Å². The van der Waals surface area contributed by atoms with Gasteiger partial charge in [-0.05, 0) is 37.1 Å². The number of rotatable bonds is 2. The maximum atomic E-state index is 12.4. The van der Waals surface area contributed by atoms with Crippen LogP contribution in [-0.4, -0.2) is 21.3 Å². The maximum absolute atomic E-state index is 12.4. The second-order valence-corrected chi connectivity index (χ2v) is 7.28. The maximum Gasteiger partial charge on any atom is 0.271 e. The van der Waals surface area contributed by atoms with Crippen molar-refractivity contribution >= 4 is 21.6 Å². The van der Waals surface area contributed by atoms with Gasteiger partial charge in [-0.25, -0.2) is 4.98 Å². The van der Waals surface area contributed by atoms with Crippen LogP contribution in [0.4, 0.5) is 0 Å². The van der Waals surface area contributed by atoms with E-state index in [2.05, 4.69) is 4.98 Å². The van der Waals surface area contributed by atoms with Crippen LogP contribution in [0.25, 0.3) is 10.2 Å². The average molecular weight is 304 g/mol. The fourth-order valence-corrected chi connectivity index (χ4v) is 4.61. The van der Waals surface area contributed by atoms with Crippen molar-refractivity contribution in [3.63, 3.8) is 0 Å². The molecule has 1 spiro atoms. The minimum atomic E-state index is 0.0724. The molecule has 2 aromatic heterocycles. The lowest BCUT2D eigenvalue weighted by Crippen LogP contribution is -2.33. The molecule has 1 aliphatic carbocycles. The third kappa shape index (κ3) is 2.42. The Morgan fingerprint density at radius 1 is 1.33 bits per heavy atom. The Morgan fingerprint density at radius 2 is 2.19 bits per heavy atom. The quantitative estimate of drug-likeness (QED) is 0.854. The Hall–Kier alpha value is -1.20. The summed E-state index contributed by atoms with van der Waals surface area (Å²) in [5, 5.41) is 1.92. The highest BCUT2D eigenvalue weighted by molar-refractivity contribution is 7.17. The van der Waals surface area contributed by atoms with Crippen molar-refractivity contribution < 1.29 is 4.74 Å². The zero-order chi connectivity index (χ0) is 14.3. The molecule has 0 N–H and O–H groups in total. The van der Waals surface area contributed by atoms with Crippen LogP contribution in [0, 0.1) is 0 Å². The minimum absolute atomic E-state index is 0.0724. The molecule has 0 bridgehead atoms. The number of thiophene rings is 1. The summed E-state index contributed by atoms with van der Waals surface area (Å²) in [6.07, 6.45) is 10.4. The van der Waals surface area contributed by atoms with Crippen molar-refractivity contribution in [1.29, 1.82) is 0 Å². The van der Waals surface area contributed by atoms with Gasteiger partial charge in [-0.15, -0.1) is 11.3 Å². The van der Waals surface area contributed by atoms with Crippen molar-refractivity contribution in [1.82, 2.24) is 9.55 Å². The van der Waals surface area contributed by atoms with Gasteiger partial charge in [0.1, 0.15) is 4.70 Å². The van der Waals surface area contributed by atoms with Crippen LogP contribution in [0.15, 0.2) is 22.6 Å². The van der Waals surface area contributed by atoms with E-state index in [0.717, 1.165) is 23.1 Å². The SMILES string of the molecule is O=c1c2sccc2ncn1CC1CCC2(CCCCC2)O1. The smallest absolute Gasteiger partial charge is 0.271 e. The lowest BCUT2D eigenvalue weighted by Gasteiger charge is -2.33. The van der Waals surface area contributed by atoms with E-state index in [0.29, 0.717) is 6.54 Å². The molecule has 1 unspecified atom stereocenters. The van der Waals surface area contributed by atoms with Gasteiger partial charge in [-0.2, -0.15) is 0 Å². The molecule has 1 atom stereocenters. The Morgan fingerprint density at radius 3 is 3.05 bits per heavy atom. The van der Waals surface area contributed by atoms with Gasteiger partial charge in [0.15, 0.2) is 0 Å². The first-order chi connectivity index (χ1) is 10.3. The summed E-state index contributed by atoms with van der Waals surface area (Å²) < 4.78 is 8.84. The van der Waals surface area contributed by atoms with Crippen molar-refractivity contribution in [2.75, 3.05) is 0 Å². The Kier molecular flexibility index (Phi) is 3.34. The van der Waals surface area contributed by atoms with Crippen LogP contribution in [0.5, 0.6) is 0 Å². The molecular weight excluding hydrogens is 284 g/mol. The highest BCUT2D eigenvalue weighted by Gasteiger charge is 2.40. The predicted octanol–water partition coefficient (Wildman–Crippen LogP) is 3.34. The molecule has 1 saturated heterocycles. The van der Waals surface area contributed by atoms with Crippen molar-refractivity contribution in [3.8, 4) is 0 Å². The molecule has 4 rings (SSSR count). The van der Waals surface area contributed by atoms with E-state index in [9.17, 15) is 4.79 Å². The third-order valence-corrected chi connectivity index (χ3v) is 5.83. The molecule has 112 valence electrons. The summed E-state index contributed by atoms with van der Waals surface area (Å²) in [6, 6.07) is 1.90. The first kappa shape index (κ1) is 13.5. The number of hydrogen-bond acceptors (Lipinski definition) is 4. The van der Waals surface area contributed by atoms with E-state index in [1.165, 1.54) is 43.4 Å². The molecule has 1 aliphatic heterocycles. The van der Waals surface area contributed by atoms with Gasteiger partial charge in [0, 0.05) is 0 Å². The van der Waals surface area contributed by atoms with Gasteiger partial charge < -0.3 is 4.74 Å². The zero-order valence-electron chi connectivity index (χ0n) is 12.1. The largest absolute Gasteiger partial charge is 0.370 e. The highest BCUT2D eigenvalue weighted by atomic mass is 32.1. The second kappa shape index (κ2) is 5.21. The number of hydrogen-bond donors (Lipinski definition) is 0. The van der Waals surface area contributed by atoms with Crippen LogP contribution in [0.1, 0.15) is 44.9 Å². The van der Waals surface area contributed by atoms with Gasteiger partial charge in [0.25, 0.3) is 5.56 Å². The van der Waals surface area contributed by atoms with Crippen LogP contribution in [-0.2, 0) is 11.3 Å². The molecule has 1 saturated carbocycles. The third-order valence-electron chi connectivity index (χ3n) is 4.94. The lowest BCUT2D eigenvalue weighted by atomic mass is 9.83. The van der Waals surface area contributed by atoms with Crippen LogP contribution >= 0.6 is 11.3 Å². The number of aromatic nitrogens is 2. The summed E-state index contributed by atoms with van der Waals surface area (Å²) in [4.78, 5) is 16.8. The minimum Gasteiger partial charge on any atom is -0.370 e. The molecule has 3 heterocycles. The van der Waals surface area contributed by atoms with Crippen molar-refractivity contribution in [3.05, 3.63) is 28.1 Å². The summed E-state index contributed by atoms with van der Waals surface area (Å²) in [5.41, 5.74) is 0.994. The number of fused-ring (bicyclic) bond motifs is 1. The predicted molar refractivity (Wildman–Crippen MR) is 83.8 cm³/mol. The summed E-state index contributed by atoms with van der Waals surface area (Å²) in [6.45, 7) is 0.640. The molecule has 0 amide bonds. The Bertz CT molecular complexity index is 700. The molecular formula is C16H20N2O2S. The molecule has 2 aromatic rings. The fraction of sp³-hybridized carbons (Fsp3) is 0.625. The van der Waals surface area contributed by atoms with E-state index in [-0.39, 0.29) is 17.3 Å². The molecule has 4 nitrogen and oxygen atoms in total. The molecule has 2 fully saturated rings. The summed E-state index contributed by atoms with van der Waals surface area (Å²) >= 11 is 1.47. The van der Waals surface area contributed by atoms with Crippen LogP contribution in [0.3, 0.4) is 0 Å². The summed E-state index contributed by atoms with van der Waals surface area (Å²) in [7, 11) is 0. The van der Waals surface area contributed by atoms with Gasteiger partial charge >= 0.3 is 0 Å². The first-order valence-corrected chi connectivity index (χ1v) is 8.74. The van der Waals surface area contributed by atoms with Gasteiger partial charge in [-0.3, -0.25) is 9.36 Å². The second-order valence-electron chi connectivity index (χ2n) is 6.36. The average Bonchev–Trinajstić information content (AvgIpc) is 3.11. The summed E-state index contributed by atoms with van der Waals surface area (Å²) in [5.74, 6) is 0. The van der Waals surface area contributed by atoms with E-state index in [4.69, 9.17) is 4.74 Å². The van der Waals surface area contributed by atoms with Gasteiger partial charge in [0.2, 0.25) is 0 Å². The normalized spacial score (nSPS) is 24.9. The number of nitrogens with zero attached hydrogens (tertiary/aromatic N) is 2. The standard InChI is InChI=1S/C16H20N2O2S/c19-15-14-13(5-9-21-14)17-11-18(15)10-12-4-8-16(20-12)6-2-1-3-7-16/h5,9,11-12H,1-4,6-8,10H2. The lowest BCUT2D eigenvalue weighted by molar-refractivity contribution is -0.0682. The monoisotopic (exact) mass is 304 g/mol. The van der Waals surface area contributed by atoms with Gasteiger partial charge in [0.05, 0.1) is 30.1 Å². The number of ether oxygens (including phenoxy) is 1. The highest BCUT2D eigenvalue weighted by Crippen LogP contribution is 2.42. The molecule has 5 heteroatoms. The van der Waals surface area contributed by atoms with Crippen LogP contribution < -0.4 is 5.56 Å². The zero-order valence-corrected chi connectivity index (χ0v) is 12.9.